The molecule has 2 aromatic rings. The van der Waals surface area contributed by atoms with E-state index >= 15 is 0 Å². The van der Waals surface area contributed by atoms with Crippen LogP contribution in [0.5, 0.6) is 0 Å². The lowest BCUT2D eigenvalue weighted by Crippen LogP contribution is -2.21. The van der Waals surface area contributed by atoms with Crippen LogP contribution in [-0.4, -0.2) is 32.2 Å². The van der Waals surface area contributed by atoms with Crippen LogP contribution in [0.2, 0.25) is 0 Å². The second kappa shape index (κ2) is 5.17. The van der Waals surface area contributed by atoms with Gasteiger partial charge in [0.05, 0.1) is 5.39 Å². The Morgan fingerprint density at radius 2 is 2.32 bits per heavy atom. The first kappa shape index (κ1) is 13.0. The molecule has 102 valence electrons. The Morgan fingerprint density at radius 1 is 1.47 bits per heavy atom. The fraction of sp³-hybridized carbons (Fsp3) is 0.538. The van der Waals surface area contributed by atoms with Gasteiger partial charge < -0.3 is 5.32 Å². The van der Waals surface area contributed by atoms with Crippen LogP contribution in [0.1, 0.15) is 23.8 Å². The SMILES string of the molecule is C[C@@H](CNc1ncnc2sc3c(c12)CCC3)[S@@](C)=O. The van der Waals surface area contributed by atoms with Gasteiger partial charge in [0.25, 0.3) is 0 Å². The predicted molar refractivity (Wildman–Crippen MR) is 81.5 cm³/mol. The number of aryl methyl sites for hydroxylation is 2. The molecule has 0 radical (unpaired) electrons. The quantitative estimate of drug-likeness (QED) is 0.941. The third kappa shape index (κ3) is 2.39. The average molecular weight is 295 g/mol. The van der Waals surface area contributed by atoms with Gasteiger partial charge in [0, 0.05) is 33.7 Å². The van der Waals surface area contributed by atoms with Crippen molar-refractivity contribution in [2.24, 2.45) is 0 Å². The summed E-state index contributed by atoms with van der Waals surface area (Å²) in [7, 11) is -0.811. The molecule has 2 heterocycles. The molecular weight excluding hydrogens is 278 g/mol. The number of fused-ring (bicyclic) bond motifs is 3. The molecule has 0 unspecified atom stereocenters. The van der Waals surface area contributed by atoms with E-state index in [1.165, 1.54) is 28.7 Å². The van der Waals surface area contributed by atoms with Gasteiger partial charge >= 0.3 is 0 Å². The van der Waals surface area contributed by atoms with Gasteiger partial charge in [-0.25, -0.2) is 9.97 Å². The first-order valence-electron chi connectivity index (χ1n) is 6.48. The highest BCUT2D eigenvalue weighted by Crippen LogP contribution is 2.38. The zero-order valence-corrected chi connectivity index (χ0v) is 12.7. The van der Waals surface area contributed by atoms with Crippen LogP contribution in [-0.2, 0) is 23.6 Å². The molecule has 2 aromatic heterocycles. The lowest BCUT2D eigenvalue weighted by molar-refractivity contribution is 0.679. The van der Waals surface area contributed by atoms with Gasteiger partial charge in [-0.05, 0) is 31.7 Å². The van der Waals surface area contributed by atoms with Gasteiger partial charge in [0.15, 0.2) is 0 Å². The van der Waals surface area contributed by atoms with Crippen molar-refractivity contribution in [2.75, 3.05) is 18.1 Å². The molecule has 0 aromatic carbocycles. The van der Waals surface area contributed by atoms with Gasteiger partial charge in [0.2, 0.25) is 0 Å². The van der Waals surface area contributed by atoms with E-state index in [2.05, 4.69) is 15.3 Å². The van der Waals surface area contributed by atoms with Crippen LogP contribution in [0.25, 0.3) is 10.2 Å². The van der Waals surface area contributed by atoms with Gasteiger partial charge in [-0.2, -0.15) is 0 Å². The summed E-state index contributed by atoms with van der Waals surface area (Å²) >= 11 is 1.79. The monoisotopic (exact) mass is 295 g/mol. The van der Waals surface area contributed by atoms with Crippen LogP contribution < -0.4 is 5.32 Å². The maximum atomic E-state index is 11.4. The summed E-state index contributed by atoms with van der Waals surface area (Å²) in [6.45, 7) is 2.67. The molecule has 2 atom stereocenters. The van der Waals surface area contributed by atoms with Crippen LogP contribution >= 0.6 is 11.3 Å². The molecule has 0 bridgehead atoms. The number of anilines is 1. The summed E-state index contributed by atoms with van der Waals surface area (Å²) in [5, 5.41) is 4.66. The zero-order chi connectivity index (χ0) is 13.4. The van der Waals surface area contributed by atoms with Gasteiger partial charge in [-0.3, -0.25) is 4.21 Å². The van der Waals surface area contributed by atoms with Crippen LogP contribution in [0.3, 0.4) is 0 Å². The molecule has 1 aliphatic carbocycles. The lowest BCUT2D eigenvalue weighted by atomic mass is 10.2. The minimum atomic E-state index is -0.811. The molecule has 0 spiro atoms. The Kier molecular flexibility index (Phi) is 3.54. The molecule has 4 nitrogen and oxygen atoms in total. The largest absolute Gasteiger partial charge is 0.368 e. The van der Waals surface area contributed by atoms with E-state index in [0.29, 0.717) is 6.54 Å². The van der Waals surface area contributed by atoms with Crippen molar-refractivity contribution < 1.29 is 4.21 Å². The normalized spacial score (nSPS) is 17.4. The van der Waals surface area contributed by atoms with Crippen molar-refractivity contribution in [3.63, 3.8) is 0 Å². The molecule has 1 aliphatic rings. The van der Waals surface area contributed by atoms with E-state index in [0.717, 1.165) is 17.1 Å². The molecule has 6 heteroatoms. The van der Waals surface area contributed by atoms with Gasteiger partial charge in [0.1, 0.15) is 17.0 Å². The summed E-state index contributed by atoms with van der Waals surface area (Å²) in [5.41, 5.74) is 1.42. The molecule has 0 fully saturated rings. The van der Waals surface area contributed by atoms with E-state index in [1.54, 1.807) is 23.9 Å². The highest BCUT2D eigenvalue weighted by molar-refractivity contribution is 7.84. The number of nitrogens with one attached hydrogen (secondary N) is 1. The van der Waals surface area contributed by atoms with Crippen molar-refractivity contribution >= 4 is 38.2 Å². The number of aromatic nitrogens is 2. The van der Waals surface area contributed by atoms with E-state index < -0.39 is 10.8 Å². The fourth-order valence-electron chi connectivity index (χ4n) is 2.42. The number of nitrogens with zero attached hydrogens (tertiary/aromatic N) is 2. The first-order chi connectivity index (χ1) is 9.16. The Labute approximate surface area is 119 Å². The molecule has 0 aliphatic heterocycles. The smallest absolute Gasteiger partial charge is 0.138 e. The first-order valence-corrected chi connectivity index (χ1v) is 8.92. The van der Waals surface area contributed by atoms with Crippen molar-refractivity contribution in [1.82, 2.24) is 9.97 Å². The summed E-state index contributed by atoms with van der Waals surface area (Å²) in [6, 6.07) is 0. The minimum Gasteiger partial charge on any atom is -0.368 e. The third-order valence-corrected chi connectivity index (χ3v) is 6.12. The topological polar surface area (TPSA) is 54.9 Å². The van der Waals surface area contributed by atoms with Crippen LogP contribution in [0, 0.1) is 0 Å². The van der Waals surface area contributed by atoms with Crippen molar-refractivity contribution in [3.05, 3.63) is 16.8 Å². The number of rotatable bonds is 4. The average Bonchev–Trinajstić information content (AvgIpc) is 2.95. The highest BCUT2D eigenvalue weighted by Gasteiger charge is 2.21. The molecule has 0 amide bonds. The maximum absolute atomic E-state index is 11.4. The summed E-state index contributed by atoms with van der Waals surface area (Å²) in [5.74, 6) is 0.904. The second-order valence-corrected chi connectivity index (χ2v) is 7.84. The minimum absolute atomic E-state index is 0.122. The second-order valence-electron chi connectivity index (χ2n) is 4.95. The maximum Gasteiger partial charge on any atom is 0.138 e. The Bertz CT molecular complexity index is 638. The fourth-order valence-corrected chi connectivity index (χ4v) is 3.97. The molecule has 3 rings (SSSR count). The van der Waals surface area contributed by atoms with Crippen molar-refractivity contribution in [2.45, 2.75) is 31.4 Å². The summed E-state index contributed by atoms with van der Waals surface area (Å²) in [6.07, 6.45) is 6.90. The van der Waals surface area contributed by atoms with Gasteiger partial charge in [-0.1, -0.05) is 0 Å². The van der Waals surface area contributed by atoms with Crippen LogP contribution in [0.4, 0.5) is 5.82 Å². The Morgan fingerprint density at radius 3 is 3.11 bits per heavy atom. The molecule has 0 saturated carbocycles. The Balaban J connectivity index is 1.93. The number of hydrogen-bond acceptors (Lipinski definition) is 5. The third-order valence-electron chi connectivity index (χ3n) is 3.62. The molecular formula is C13H17N3OS2. The Hall–Kier alpha value is -1.01. The standard InChI is InChI=1S/C13H17N3OS2/c1-8(19(2)17)6-14-12-11-9-4-3-5-10(9)18-13(11)16-7-15-12/h7-8H,3-6H2,1-2H3,(H,14,15,16)/t8-,19+/m0/s1. The zero-order valence-electron chi connectivity index (χ0n) is 11.1. The molecule has 0 saturated heterocycles. The van der Waals surface area contributed by atoms with Crippen molar-refractivity contribution in [3.8, 4) is 0 Å². The summed E-state index contributed by atoms with van der Waals surface area (Å²) in [4.78, 5) is 11.3. The highest BCUT2D eigenvalue weighted by atomic mass is 32.2. The van der Waals surface area contributed by atoms with E-state index in [4.69, 9.17) is 0 Å². The van der Waals surface area contributed by atoms with E-state index in [-0.39, 0.29) is 5.25 Å². The summed E-state index contributed by atoms with van der Waals surface area (Å²) < 4.78 is 11.4. The van der Waals surface area contributed by atoms with Crippen LogP contribution in [0.15, 0.2) is 6.33 Å². The van der Waals surface area contributed by atoms with Gasteiger partial charge in [-0.15, -0.1) is 11.3 Å². The number of thiophene rings is 1. The lowest BCUT2D eigenvalue weighted by Gasteiger charge is -2.11. The van der Waals surface area contributed by atoms with E-state index in [9.17, 15) is 4.21 Å². The van der Waals surface area contributed by atoms with Crippen molar-refractivity contribution in [1.29, 1.82) is 0 Å². The number of hydrogen-bond donors (Lipinski definition) is 1. The van der Waals surface area contributed by atoms with E-state index in [1.807, 2.05) is 6.92 Å². The predicted octanol–water partition coefficient (Wildman–Crippen LogP) is 2.36. The molecule has 1 N–H and O–H groups in total. The molecule has 19 heavy (non-hydrogen) atoms.